The Hall–Kier alpha value is -0.770. The summed E-state index contributed by atoms with van der Waals surface area (Å²) >= 11 is 0. The zero-order valence-electron chi connectivity index (χ0n) is 12.2. The minimum Gasteiger partial charge on any atom is -0.444 e. The van der Waals surface area contributed by atoms with E-state index in [9.17, 15) is 4.79 Å². The fourth-order valence-corrected chi connectivity index (χ4v) is 2.92. The van der Waals surface area contributed by atoms with E-state index in [4.69, 9.17) is 4.74 Å². The predicted molar refractivity (Wildman–Crippen MR) is 71.6 cm³/mol. The van der Waals surface area contributed by atoms with E-state index in [-0.39, 0.29) is 11.7 Å². The molecule has 0 unspecified atom stereocenters. The Labute approximate surface area is 110 Å². The van der Waals surface area contributed by atoms with Crippen molar-refractivity contribution in [2.45, 2.75) is 45.6 Å². The molecule has 1 amide bonds. The molecule has 0 aliphatic carbocycles. The van der Waals surface area contributed by atoms with Crippen LogP contribution in [0.25, 0.3) is 0 Å². The number of piperidine rings is 1. The molecule has 2 saturated heterocycles. The zero-order valence-corrected chi connectivity index (χ0v) is 12.2. The Balaban J connectivity index is 1.90. The summed E-state index contributed by atoms with van der Waals surface area (Å²) in [7, 11) is 2.17. The molecule has 0 aromatic carbocycles. The molecule has 2 fully saturated rings. The van der Waals surface area contributed by atoms with Crippen LogP contribution in [0.15, 0.2) is 0 Å². The van der Waals surface area contributed by atoms with Crippen molar-refractivity contribution >= 4 is 6.09 Å². The Kier molecular flexibility index (Phi) is 3.58. The van der Waals surface area contributed by atoms with Crippen LogP contribution in [0, 0.1) is 5.41 Å². The topological polar surface area (TPSA) is 32.8 Å². The van der Waals surface area contributed by atoms with Gasteiger partial charge in [0.05, 0.1) is 0 Å². The third kappa shape index (κ3) is 3.16. The van der Waals surface area contributed by atoms with Crippen LogP contribution in [0.4, 0.5) is 4.79 Å². The number of ether oxygens (including phenoxy) is 1. The van der Waals surface area contributed by atoms with Crippen molar-refractivity contribution in [2.75, 3.05) is 33.2 Å². The molecular weight excluding hydrogens is 228 g/mol. The first-order valence-corrected chi connectivity index (χ1v) is 6.96. The van der Waals surface area contributed by atoms with Crippen LogP contribution in [0.1, 0.15) is 40.0 Å². The molecule has 2 heterocycles. The van der Waals surface area contributed by atoms with E-state index in [1.165, 1.54) is 12.8 Å². The maximum Gasteiger partial charge on any atom is 0.410 e. The van der Waals surface area contributed by atoms with Gasteiger partial charge in [-0.25, -0.2) is 4.79 Å². The second-order valence-electron chi connectivity index (χ2n) is 6.96. The largest absolute Gasteiger partial charge is 0.444 e. The van der Waals surface area contributed by atoms with Crippen LogP contribution in [0.3, 0.4) is 0 Å². The highest BCUT2D eigenvalue weighted by molar-refractivity contribution is 5.68. The Morgan fingerprint density at radius 2 is 1.67 bits per heavy atom. The molecule has 0 atom stereocenters. The number of hydrogen-bond acceptors (Lipinski definition) is 3. The van der Waals surface area contributed by atoms with Gasteiger partial charge in [-0.2, -0.15) is 0 Å². The SMILES string of the molecule is CN1CCC2(CC1)CCN(C(=O)OC(C)(C)C)C2. The van der Waals surface area contributed by atoms with Gasteiger partial charge in [0.15, 0.2) is 0 Å². The normalized spacial score (nSPS) is 24.6. The second kappa shape index (κ2) is 4.72. The molecule has 104 valence electrons. The molecule has 2 aliphatic heterocycles. The molecule has 0 saturated carbocycles. The van der Waals surface area contributed by atoms with Gasteiger partial charge in [-0.1, -0.05) is 0 Å². The van der Waals surface area contributed by atoms with Gasteiger partial charge in [-0.3, -0.25) is 0 Å². The van der Waals surface area contributed by atoms with Crippen LogP contribution in [0.2, 0.25) is 0 Å². The summed E-state index contributed by atoms with van der Waals surface area (Å²) < 4.78 is 5.45. The van der Waals surface area contributed by atoms with E-state index in [1.807, 2.05) is 25.7 Å². The quantitative estimate of drug-likeness (QED) is 0.665. The third-order valence-corrected chi connectivity index (χ3v) is 4.14. The van der Waals surface area contributed by atoms with E-state index >= 15 is 0 Å². The number of hydrogen-bond donors (Lipinski definition) is 0. The molecule has 0 aromatic heterocycles. The van der Waals surface area contributed by atoms with Crippen LogP contribution >= 0.6 is 0 Å². The van der Waals surface area contributed by atoms with Gasteiger partial charge in [0.2, 0.25) is 0 Å². The van der Waals surface area contributed by atoms with E-state index in [0.29, 0.717) is 5.41 Å². The van der Waals surface area contributed by atoms with Crippen molar-refractivity contribution in [3.8, 4) is 0 Å². The summed E-state index contributed by atoms with van der Waals surface area (Å²) in [5, 5.41) is 0. The van der Waals surface area contributed by atoms with Crippen LogP contribution in [-0.4, -0.2) is 54.7 Å². The standard InChI is InChI=1S/C14H26N2O2/c1-13(2,3)18-12(17)16-10-7-14(11-16)5-8-15(4)9-6-14/h5-11H2,1-4H3. The summed E-state index contributed by atoms with van der Waals surface area (Å²) in [6, 6.07) is 0. The van der Waals surface area contributed by atoms with Gasteiger partial charge in [0.25, 0.3) is 0 Å². The summed E-state index contributed by atoms with van der Waals surface area (Å²) in [6.45, 7) is 9.82. The monoisotopic (exact) mass is 254 g/mol. The maximum atomic E-state index is 12.0. The smallest absolute Gasteiger partial charge is 0.410 e. The fraction of sp³-hybridized carbons (Fsp3) is 0.929. The van der Waals surface area contributed by atoms with Gasteiger partial charge in [-0.15, -0.1) is 0 Å². The van der Waals surface area contributed by atoms with Crippen LogP contribution < -0.4 is 0 Å². The molecule has 0 bridgehead atoms. The molecule has 0 N–H and O–H groups in total. The Morgan fingerprint density at radius 1 is 1.11 bits per heavy atom. The summed E-state index contributed by atoms with van der Waals surface area (Å²) in [4.78, 5) is 16.3. The minimum atomic E-state index is -0.389. The molecule has 2 rings (SSSR count). The Morgan fingerprint density at radius 3 is 2.22 bits per heavy atom. The van der Waals surface area contributed by atoms with Crippen molar-refractivity contribution in [1.82, 2.24) is 9.80 Å². The maximum absolute atomic E-state index is 12.0. The van der Waals surface area contributed by atoms with Gasteiger partial charge in [0, 0.05) is 13.1 Å². The number of nitrogens with zero attached hydrogens (tertiary/aromatic N) is 2. The number of amides is 1. The molecule has 2 aliphatic rings. The van der Waals surface area contributed by atoms with Crippen molar-refractivity contribution in [1.29, 1.82) is 0 Å². The van der Waals surface area contributed by atoms with Crippen molar-refractivity contribution in [3.05, 3.63) is 0 Å². The first-order valence-electron chi connectivity index (χ1n) is 6.96. The number of likely N-dealkylation sites (tertiary alicyclic amines) is 2. The molecule has 0 radical (unpaired) electrons. The average molecular weight is 254 g/mol. The highest BCUT2D eigenvalue weighted by Gasteiger charge is 2.42. The summed E-state index contributed by atoms with van der Waals surface area (Å²) in [6.07, 6.45) is 3.42. The fourth-order valence-electron chi connectivity index (χ4n) is 2.92. The predicted octanol–water partition coefficient (Wildman–Crippen LogP) is 2.34. The van der Waals surface area contributed by atoms with E-state index in [1.54, 1.807) is 0 Å². The lowest BCUT2D eigenvalue weighted by Crippen LogP contribution is -2.41. The van der Waals surface area contributed by atoms with Gasteiger partial charge in [0.1, 0.15) is 5.60 Å². The van der Waals surface area contributed by atoms with Gasteiger partial charge >= 0.3 is 6.09 Å². The van der Waals surface area contributed by atoms with Gasteiger partial charge < -0.3 is 14.5 Å². The van der Waals surface area contributed by atoms with Crippen molar-refractivity contribution < 1.29 is 9.53 Å². The van der Waals surface area contributed by atoms with E-state index in [2.05, 4.69) is 11.9 Å². The van der Waals surface area contributed by atoms with Crippen LogP contribution in [-0.2, 0) is 4.74 Å². The lowest BCUT2D eigenvalue weighted by molar-refractivity contribution is 0.0252. The molecule has 4 nitrogen and oxygen atoms in total. The molecule has 1 spiro atoms. The number of rotatable bonds is 0. The molecule has 4 heteroatoms. The zero-order chi connectivity index (χ0) is 13.4. The molecular formula is C14H26N2O2. The van der Waals surface area contributed by atoms with E-state index in [0.717, 1.165) is 32.6 Å². The highest BCUT2D eigenvalue weighted by Crippen LogP contribution is 2.40. The molecule has 18 heavy (non-hydrogen) atoms. The van der Waals surface area contributed by atoms with E-state index < -0.39 is 0 Å². The minimum absolute atomic E-state index is 0.140. The van der Waals surface area contributed by atoms with Crippen molar-refractivity contribution in [2.24, 2.45) is 5.41 Å². The second-order valence-corrected chi connectivity index (χ2v) is 6.96. The van der Waals surface area contributed by atoms with Crippen LogP contribution in [0.5, 0.6) is 0 Å². The highest BCUT2D eigenvalue weighted by atomic mass is 16.6. The first kappa shape index (κ1) is 13.7. The number of carbonyl (C=O) groups excluding carboxylic acids is 1. The lowest BCUT2D eigenvalue weighted by Gasteiger charge is -2.37. The lowest BCUT2D eigenvalue weighted by atomic mass is 9.78. The number of carbonyl (C=O) groups is 1. The first-order chi connectivity index (χ1) is 8.30. The Bertz CT molecular complexity index is 314. The average Bonchev–Trinajstić information content (AvgIpc) is 2.65. The summed E-state index contributed by atoms with van der Waals surface area (Å²) in [5.74, 6) is 0. The van der Waals surface area contributed by atoms with Gasteiger partial charge in [-0.05, 0) is 65.6 Å². The summed E-state index contributed by atoms with van der Waals surface area (Å²) in [5.41, 5.74) is -0.0248. The third-order valence-electron chi connectivity index (χ3n) is 4.14. The molecule has 0 aromatic rings. The van der Waals surface area contributed by atoms with Crippen molar-refractivity contribution in [3.63, 3.8) is 0 Å².